The summed E-state index contributed by atoms with van der Waals surface area (Å²) in [6.45, 7) is 6.10. The molecule has 1 aliphatic rings. The van der Waals surface area contributed by atoms with E-state index in [0.717, 1.165) is 37.2 Å². The van der Waals surface area contributed by atoms with Crippen molar-refractivity contribution >= 4 is 0 Å². The van der Waals surface area contributed by atoms with E-state index >= 15 is 0 Å². The summed E-state index contributed by atoms with van der Waals surface area (Å²) >= 11 is 0. The molecule has 0 saturated carbocycles. The van der Waals surface area contributed by atoms with E-state index in [4.69, 9.17) is 9.47 Å². The number of hydrogen-bond acceptors (Lipinski definition) is 5. The number of methoxy groups -OCH3 is 2. The Morgan fingerprint density at radius 3 is 2.43 bits per heavy atom. The normalized spacial score (nSPS) is 16.0. The number of pyridine rings is 1. The first kappa shape index (κ1) is 20.3. The van der Waals surface area contributed by atoms with Gasteiger partial charge in [-0.3, -0.25) is 9.69 Å². The maximum Gasteiger partial charge on any atom is 0.259 e. The smallest absolute Gasteiger partial charge is 0.259 e. The SMILES string of the molecule is CCn1c(C)cc(O)c(C(c2ccc(OC)cc2OC)N2CCCCC2)c1=O. The zero-order valence-electron chi connectivity index (χ0n) is 17.2. The number of aromatic hydroxyl groups is 1. The molecule has 1 aromatic carbocycles. The van der Waals surface area contributed by atoms with Crippen molar-refractivity contribution in [1.82, 2.24) is 9.47 Å². The van der Waals surface area contributed by atoms with Gasteiger partial charge >= 0.3 is 0 Å². The Balaban J connectivity index is 2.24. The van der Waals surface area contributed by atoms with E-state index < -0.39 is 0 Å². The minimum Gasteiger partial charge on any atom is -0.507 e. The molecule has 0 aliphatic carbocycles. The molecule has 1 atom stereocenters. The molecule has 0 radical (unpaired) electrons. The Kier molecular flexibility index (Phi) is 6.29. The van der Waals surface area contributed by atoms with Crippen LogP contribution < -0.4 is 15.0 Å². The van der Waals surface area contributed by atoms with E-state index in [1.165, 1.54) is 6.42 Å². The first-order chi connectivity index (χ1) is 13.5. The average Bonchev–Trinajstić information content (AvgIpc) is 2.71. The van der Waals surface area contributed by atoms with E-state index in [9.17, 15) is 9.90 Å². The topological polar surface area (TPSA) is 63.9 Å². The van der Waals surface area contributed by atoms with Gasteiger partial charge in [-0.15, -0.1) is 0 Å². The number of aromatic nitrogens is 1. The van der Waals surface area contributed by atoms with Crippen LogP contribution in [-0.4, -0.2) is 41.9 Å². The van der Waals surface area contributed by atoms with Crippen LogP contribution in [0.5, 0.6) is 17.2 Å². The Morgan fingerprint density at radius 1 is 1.11 bits per heavy atom. The van der Waals surface area contributed by atoms with Crippen LogP contribution in [0.25, 0.3) is 0 Å². The second kappa shape index (κ2) is 8.69. The summed E-state index contributed by atoms with van der Waals surface area (Å²) in [4.78, 5) is 15.6. The fourth-order valence-electron chi connectivity index (χ4n) is 4.17. The highest BCUT2D eigenvalue weighted by molar-refractivity contribution is 5.49. The molecule has 1 N–H and O–H groups in total. The molecule has 1 unspecified atom stereocenters. The third-order valence-electron chi connectivity index (χ3n) is 5.60. The highest BCUT2D eigenvalue weighted by atomic mass is 16.5. The largest absolute Gasteiger partial charge is 0.507 e. The van der Waals surface area contributed by atoms with E-state index in [-0.39, 0.29) is 17.4 Å². The monoisotopic (exact) mass is 386 g/mol. The molecule has 1 fully saturated rings. The second-order valence-corrected chi connectivity index (χ2v) is 7.24. The van der Waals surface area contributed by atoms with Crippen molar-refractivity contribution in [3.05, 3.63) is 51.4 Å². The third-order valence-corrected chi connectivity index (χ3v) is 5.60. The summed E-state index contributed by atoms with van der Waals surface area (Å²) in [5.41, 5.74) is 1.89. The van der Waals surface area contributed by atoms with Crippen LogP contribution >= 0.6 is 0 Å². The van der Waals surface area contributed by atoms with Crippen molar-refractivity contribution in [1.29, 1.82) is 0 Å². The Hall–Kier alpha value is -2.47. The maximum atomic E-state index is 13.3. The molecule has 2 heterocycles. The summed E-state index contributed by atoms with van der Waals surface area (Å²) in [5, 5.41) is 10.8. The molecule has 28 heavy (non-hydrogen) atoms. The van der Waals surface area contributed by atoms with Crippen molar-refractivity contribution in [2.45, 2.75) is 45.7 Å². The van der Waals surface area contributed by atoms with E-state index in [1.54, 1.807) is 24.9 Å². The van der Waals surface area contributed by atoms with Crippen LogP contribution in [0, 0.1) is 6.92 Å². The number of likely N-dealkylation sites (tertiary alicyclic amines) is 1. The molecule has 3 rings (SSSR count). The molecule has 1 aliphatic heterocycles. The number of ether oxygens (including phenoxy) is 2. The number of aryl methyl sites for hydroxylation is 1. The fraction of sp³-hybridized carbons (Fsp3) is 0.500. The zero-order valence-corrected chi connectivity index (χ0v) is 17.2. The quantitative estimate of drug-likeness (QED) is 0.824. The second-order valence-electron chi connectivity index (χ2n) is 7.24. The molecule has 0 amide bonds. The van der Waals surface area contributed by atoms with Gasteiger partial charge in [-0.25, -0.2) is 0 Å². The molecule has 6 heteroatoms. The fourth-order valence-corrected chi connectivity index (χ4v) is 4.17. The Bertz CT molecular complexity index is 885. The van der Waals surface area contributed by atoms with Gasteiger partial charge in [-0.2, -0.15) is 0 Å². The predicted molar refractivity (Wildman–Crippen MR) is 110 cm³/mol. The van der Waals surface area contributed by atoms with Crippen LogP contribution in [0.1, 0.15) is 49.0 Å². The van der Waals surface area contributed by atoms with Crippen molar-refractivity contribution < 1.29 is 14.6 Å². The lowest BCUT2D eigenvalue weighted by atomic mass is 9.93. The van der Waals surface area contributed by atoms with Crippen molar-refractivity contribution in [3.63, 3.8) is 0 Å². The van der Waals surface area contributed by atoms with Crippen LogP contribution in [-0.2, 0) is 6.54 Å². The van der Waals surface area contributed by atoms with Gasteiger partial charge in [0.1, 0.15) is 17.2 Å². The molecule has 6 nitrogen and oxygen atoms in total. The van der Waals surface area contributed by atoms with Crippen LogP contribution in [0.4, 0.5) is 0 Å². The lowest BCUT2D eigenvalue weighted by molar-refractivity contribution is 0.180. The maximum absolute atomic E-state index is 13.3. The molecular weight excluding hydrogens is 356 g/mol. The van der Waals surface area contributed by atoms with Gasteiger partial charge in [0, 0.05) is 23.9 Å². The Morgan fingerprint density at radius 2 is 1.82 bits per heavy atom. The predicted octanol–water partition coefficient (Wildman–Crippen LogP) is 3.47. The first-order valence-electron chi connectivity index (χ1n) is 9.91. The van der Waals surface area contributed by atoms with Gasteiger partial charge in [0.2, 0.25) is 0 Å². The molecule has 1 aromatic heterocycles. The van der Waals surface area contributed by atoms with Crippen molar-refractivity contribution in [3.8, 4) is 17.2 Å². The number of benzene rings is 1. The van der Waals surface area contributed by atoms with E-state index in [2.05, 4.69) is 4.90 Å². The van der Waals surface area contributed by atoms with Crippen LogP contribution in [0.3, 0.4) is 0 Å². The minimum absolute atomic E-state index is 0.0423. The summed E-state index contributed by atoms with van der Waals surface area (Å²) < 4.78 is 12.7. The third kappa shape index (κ3) is 3.74. The lowest BCUT2D eigenvalue weighted by Gasteiger charge is -2.36. The molecular formula is C22H30N2O4. The summed E-state index contributed by atoms with van der Waals surface area (Å²) in [5.74, 6) is 1.38. The summed E-state index contributed by atoms with van der Waals surface area (Å²) in [7, 11) is 3.23. The van der Waals surface area contributed by atoms with Crippen LogP contribution in [0.15, 0.2) is 29.1 Å². The van der Waals surface area contributed by atoms with Gasteiger partial charge in [0.25, 0.3) is 5.56 Å². The summed E-state index contributed by atoms with van der Waals surface area (Å²) in [6.07, 6.45) is 3.33. The zero-order chi connectivity index (χ0) is 20.3. The van der Waals surface area contributed by atoms with Gasteiger partial charge < -0.3 is 19.1 Å². The van der Waals surface area contributed by atoms with E-state index in [1.807, 2.05) is 32.0 Å². The van der Waals surface area contributed by atoms with Gasteiger partial charge in [-0.05, 0) is 58.0 Å². The average molecular weight is 386 g/mol. The number of piperidine rings is 1. The molecule has 0 bridgehead atoms. The Labute approximate surface area is 166 Å². The van der Waals surface area contributed by atoms with Crippen molar-refractivity contribution in [2.75, 3.05) is 27.3 Å². The van der Waals surface area contributed by atoms with Gasteiger partial charge in [0.05, 0.1) is 25.8 Å². The summed E-state index contributed by atoms with van der Waals surface area (Å²) in [6, 6.07) is 6.96. The van der Waals surface area contributed by atoms with Crippen molar-refractivity contribution in [2.24, 2.45) is 0 Å². The van der Waals surface area contributed by atoms with Crippen LogP contribution in [0.2, 0.25) is 0 Å². The highest BCUT2D eigenvalue weighted by Crippen LogP contribution is 2.39. The lowest BCUT2D eigenvalue weighted by Crippen LogP contribution is -2.38. The molecule has 152 valence electrons. The standard InChI is InChI=1S/C22H30N2O4/c1-5-24-15(2)13-18(25)20(22(24)26)21(23-11-7-6-8-12-23)17-10-9-16(27-3)14-19(17)28-4/h9-10,13-14,21,25H,5-8,11-12H2,1-4H3. The minimum atomic E-state index is -0.368. The highest BCUT2D eigenvalue weighted by Gasteiger charge is 2.32. The number of hydrogen-bond donors (Lipinski definition) is 1. The molecule has 1 saturated heterocycles. The number of nitrogens with zero attached hydrogens (tertiary/aromatic N) is 2. The van der Waals surface area contributed by atoms with Gasteiger partial charge in [0.15, 0.2) is 0 Å². The first-order valence-corrected chi connectivity index (χ1v) is 9.91. The molecule has 0 spiro atoms. The number of rotatable bonds is 6. The molecule has 2 aromatic rings. The van der Waals surface area contributed by atoms with Gasteiger partial charge in [-0.1, -0.05) is 6.42 Å². The van der Waals surface area contributed by atoms with E-state index in [0.29, 0.717) is 23.6 Å².